The zero-order chi connectivity index (χ0) is 23.7. The van der Waals surface area contributed by atoms with E-state index < -0.39 is 0 Å². The average molecular weight is 470 g/mol. The quantitative estimate of drug-likeness (QED) is 0.209. The molecule has 7 heteroatoms. The van der Waals surface area contributed by atoms with Crippen LogP contribution < -0.4 is 10.9 Å². The van der Waals surface area contributed by atoms with E-state index in [-0.39, 0.29) is 17.9 Å². The fraction of sp³-hybridized carbons (Fsp3) is 0.0741. The van der Waals surface area contributed by atoms with Gasteiger partial charge in [-0.05, 0) is 55.0 Å². The second-order valence-electron chi connectivity index (χ2n) is 7.86. The Morgan fingerprint density at radius 1 is 0.971 bits per heavy atom. The van der Waals surface area contributed by atoms with Gasteiger partial charge in [0.25, 0.3) is 5.91 Å². The zero-order valence-corrected chi connectivity index (χ0v) is 19.0. The van der Waals surface area contributed by atoms with Crippen LogP contribution in [0.4, 0.5) is 0 Å². The minimum absolute atomic E-state index is 0.00373. The molecule has 0 saturated carbocycles. The van der Waals surface area contributed by atoms with Crippen LogP contribution in [0.5, 0.6) is 0 Å². The molecule has 0 aliphatic heterocycles. The lowest BCUT2D eigenvalue weighted by molar-refractivity contribution is -0.121. The van der Waals surface area contributed by atoms with E-state index in [0.717, 1.165) is 11.1 Å². The molecule has 5 rings (SSSR count). The fourth-order valence-corrected chi connectivity index (χ4v) is 4.21. The summed E-state index contributed by atoms with van der Waals surface area (Å²) >= 11 is 6.20. The summed E-state index contributed by atoms with van der Waals surface area (Å²) in [6.45, 7) is 1.93. The third kappa shape index (κ3) is 4.00. The van der Waals surface area contributed by atoms with E-state index in [1.54, 1.807) is 18.2 Å². The Hall–Kier alpha value is -4.16. The minimum atomic E-state index is -0.326. The molecule has 3 aromatic carbocycles. The van der Waals surface area contributed by atoms with Gasteiger partial charge in [0.1, 0.15) is 18.1 Å². The molecule has 0 aliphatic rings. The van der Waals surface area contributed by atoms with Gasteiger partial charge in [0.05, 0.1) is 17.2 Å². The molecule has 1 amide bonds. The van der Waals surface area contributed by atoms with E-state index in [1.807, 2.05) is 72.2 Å². The van der Waals surface area contributed by atoms with Crippen molar-refractivity contribution in [3.05, 3.63) is 105 Å². The number of pyridine rings is 1. The number of carbonyl (C=O) groups is 1. The van der Waals surface area contributed by atoms with Crippen molar-refractivity contribution in [3.63, 3.8) is 0 Å². The molecule has 34 heavy (non-hydrogen) atoms. The van der Waals surface area contributed by atoms with Crippen LogP contribution in [0.3, 0.4) is 0 Å². The van der Waals surface area contributed by atoms with Crippen molar-refractivity contribution >= 4 is 45.5 Å². The first kappa shape index (κ1) is 21.7. The van der Waals surface area contributed by atoms with Crippen LogP contribution in [-0.2, 0) is 11.3 Å². The number of fused-ring (bicyclic) bond motifs is 2. The summed E-state index contributed by atoms with van der Waals surface area (Å²) < 4.78 is 7.66. The number of halogens is 1. The summed E-state index contributed by atoms with van der Waals surface area (Å²) in [6.07, 6.45) is 1.45. The predicted molar refractivity (Wildman–Crippen MR) is 135 cm³/mol. The Morgan fingerprint density at radius 2 is 1.65 bits per heavy atom. The van der Waals surface area contributed by atoms with E-state index in [1.165, 1.54) is 6.21 Å². The Balaban J connectivity index is 1.37. The van der Waals surface area contributed by atoms with Crippen LogP contribution in [0.15, 0.2) is 93.2 Å². The van der Waals surface area contributed by atoms with Crippen LogP contribution in [0.1, 0.15) is 11.3 Å². The lowest BCUT2D eigenvalue weighted by Gasteiger charge is -2.14. The highest BCUT2D eigenvalue weighted by Gasteiger charge is 2.13. The van der Waals surface area contributed by atoms with Crippen LogP contribution in [-0.4, -0.2) is 16.7 Å². The number of nitrogens with one attached hydrogen (secondary N) is 1. The summed E-state index contributed by atoms with van der Waals surface area (Å²) in [6, 6.07) is 23.8. The van der Waals surface area contributed by atoms with Crippen molar-refractivity contribution in [2.24, 2.45) is 5.10 Å². The van der Waals surface area contributed by atoms with Gasteiger partial charge in [0.15, 0.2) is 5.43 Å². The molecule has 0 spiro atoms. The molecular weight excluding hydrogens is 450 g/mol. The van der Waals surface area contributed by atoms with Gasteiger partial charge in [-0.15, -0.1) is 0 Å². The van der Waals surface area contributed by atoms with Crippen molar-refractivity contribution in [1.82, 2.24) is 9.99 Å². The Bertz CT molecular complexity index is 1570. The van der Waals surface area contributed by atoms with E-state index in [2.05, 4.69) is 10.5 Å². The SMILES string of the molecule is Cc1c(Cl)cccc1-c1ccc(/C=N\NC(=O)Cn2c3ccccc3c(=O)c3ccccc32)o1. The van der Waals surface area contributed by atoms with Gasteiger partial charge in [-0.2, -0.15) is 5.10 Å². The van der Waals surface area contributed by atoms with Gasteiger partial charge in [-0.3, -0.25) is 9.59 Å². The first-order valence-corrected chi connectivity index (χ1v) is 11.1. The molecule has 6 nitrogen and oxygen atoms in total. The molecule has 0 radical (unpaired) electrons. The average Bonchev–Trinajstić information content (AvgIpc) is 3.32. The summed E-state index contributed by atoms with van der Waals surface area (Å²) in [7, 11) is 0. The summed E-state index contributed by atoms with van der Waals surface area (Å²) in [5.74, 6) is 0.834. The first-order chi connectivity index (χ1) is 16.5. The van der Waals surface area contributed by atoms with Gasteiger partial charge in [0.2, 0.25) is 0 Å². The van der Waals surface area contributed by atoms with Crippen molar-refractivity contribution in [2.75, 3.05) is 0 Å². The van der Waals surface area contributed by atoms with Gasteiger partial charge < -0.3 is 8.98 Å². The number of hydrazone groups is 1. The minimum Gasteiger partial charge on any atom is -0.455 e. The third-order valence-electron chi connectivity index (χ3n) is 5.72. The molecule has 0 fully saturated rings. The number of para-hydroxylation sites is 2. The number of hydrogen-bond acceptors (Lipinski definition) is 4. The highest BCUT2D eigenvalue weighted by Crippen LogP contribution is 2.29. The lowest BCUT2D eigenvalue weighted by atomic mass is 10.1. The van der Waals surface area contributed by atoms with Gasteiger partial charge in [-0.25, -0.2) is 5.43 Å². The molecule has 2 heterocycles. The molecule has 0 aliphatic carbocycles. The van der Waals surface area contributed by atoms with Crippen LogP contribution in [0, 0.1) is 6.92 Å². The molecule has 2 aromatic heterocycles. The number of amides is 1. The number of furan rings is 1. The molecule has 0 bridgehead atoms. The Morgan fingerprint density at radius 3 is 2.35 bits per heavy atom. The molecule has 168 valence electrons. The molecular formula is C27H20ClN3O3. The topological polar surface area (TPSA) is 76.6 Å². The second kappa shape index (κ2) is 9.00. The maximum atomic E-state index is 12.8. The van der Waals surface area contributed by atoms with E-state index in [4.69, 9.17) is 16.0 Å². The third-order valence-corrected chi connectivity index (χ3v) is 6.13. The number of carbonyl (C=O) groups excluding carboxylic acids is 1. The largest absolute Gasteiger partial charge is 0.455 e. The maximum absolute atomic E-state index is 12.8. The molecule has 5 aromatic rings. The first-order valence-electron chi connectivity index (χ1n) is 10.7. The predicted octanol–water partition coefficient (Wildman–Crippen LogP) is 5.53. The summed E-state index contributed by atoms with van der Waals surface area (Å²) in [5, 5.41) is 5.84. The van der Waals surface area contributed by atoms with Crippen LogP contribution in [0.25, 0.3) is 33.1 Å². The number of hydrogen-bond donors (Lipinski definition) is 1. The van der Waals surface area contributed by atoms with Gasteiger partial charge in [-0.1, -0.05) is 48.0 Å². The van der Waals surface area contributed by atoms with Crippen molar-refractivity contribution in [3.8, 4) is 11.3 Å². The van der Waals surface area contributed by atoms with Crippen molar-refractivity contribution in [1.29, 1.82) is 0 Å². The maximum Gasteiger partial charge on any atom is 0.260 e. The van der Waals surface area contributed by atoms with Crippen LogP contribution in [0.2, 0.25) is 5.02 Å². The zero-order valence-electron chi connectivity index (χ0n) is 18.3. The second-order valence-corrected chi connectivity index (χ2v) is 8.26. The molecule has 1 N–H and O–H groups in total. The van der Waals surface area contributed by atoms with E-state index in [9.17, 15) is 9.59 Å². The molecule has 0 unspecified atom stereocenters. The highest BCUT2D eigenvalue weighted by molar-refractivity contribution is 6.31. The standard InChI is InChI=1S/C27H20ClN3O3/c1-17-19(9-6-10-22(17)28)25-14-13-18(34-25)15-29-30-26(32)16-31-23-11-4-2-7-20(23)27(33)21-8-3-5-12-24(21)31/h2-15H,16H2,1H3,(H,30,32)/b29-15-. The number of nitrogens with zero attached hydrogens (tertiary/aromatic N) is 2. The van der Waals surface area contributed by atoms with Crippen LogP contribution >= 0.6 is 11.6 Å². The molecule has 0 atom stereocenters. The molecule has 0 saturated heterocycles. The smallest absolute Gasteiger partial charge is 0.260 e. The van der Waals surface area contributed by atoms with Crippen molar-refractivity contribution < 1.29 is 9.21 Å². The number of benzene rings is 3. The highest BCUT2D eigenvalue weighted by atomic mass is 35.5. The Labute approximate surface area is 200 Å². The lowest BCUT2D eigenvalue weighted by Crippen LogP contribution is -2.25. The van der Waals surface area contributed by atoms with E-state index in [0.29, 0.717) is 38.3 Å². The monoisotopic (exact) mass is 469 g/mol. The van der Waals surface area contributed by atoms with Gasteiger partial charge in [0, 0.05) is 21.4 Å². The fourth-order valence-electron chi connectivity index (χ4n) is 4.04. The normalized spacial score (nSPS) is 11.5. The number of rotatable bonds is 5. The number of aromatic nitrogens is 1. The summed E-state index contributed by atoms with van der Waals surface area (Å²) in [4.78, 5) is 25.6. The Kier molecular flexibility index (Phi) is 5.74. The summed E-state index contributed by atoms with van der Waals surface area (Å²) in [5.41, 5.74) is 5.70. The van der Waals surface area contributed by atoms with Gasteiger partial charge >= 0.3 is 0 Å². The van der Waals surface area contributed by atoms with Crippen molar-refractivity contribution in [2.45, 2.75) is 13.5 Å². The van der Waals surface area contributed by atoms with E-state index >= 15 is 0 Å².